The SMILES string of the molecule is CCN(C(=O)CSc1ccc(CC(=O)O)cc1)C1CC1. The molecule has 0 aliphatic heterocycles. The van der Waals surface area contributed by atoms with Crippen LogP contribution in [0.3, 0.4) is 0 Å². The molecule has 1 aromatic carbocycles. The Kier molecular flexibility index (Phi) is 5.06. The normalized spacial score (nSPS) is 14.1. The van der Waals surface area contributed by atoms with E-state index in [1.54, 1.807) is 12.1 Å². The van der Waals surface area contributed by atoms with Crippen LogP contribution in [0.4, 0.5) is 0 Å². The van der Waals surface area contributed by atoms with Crippen LogP contribution >= 0.6 is 11.8 Å². The van der Waals surface area contributed by atoms with Crippen molar-refractivity contribution < 1.29 is 14.7 Å². The van der Waals surface area contributed by atoms with E-state index in [1.165, 1.54) is 11.8 Å². The van der Waals surface area contributed by atoms with Crippen LogP contribution in [0.1, 0.15) is 25.3 Å². The first-order valence-electron chi connectivity index (χ1n) is 6.83. The third-order valence-corrected chi connectivity index (χ3v) is 4.29. The third kappa shape index (κ3) is 4.27. The summed E-state index contributed by atoms with van der Waals surface area (Å²) in [6, 6.07) is 7.83. The van der Waals surface area contributed by atoms with Crippen LogP contribution in [0.2, 0.25) is 0 Å². The number of hydrogen-bond donors (Lipinski definition) is 1. The number of nitrogens with zero attached hydrogens (tertiary/aromatic N) is 1. The third-order valence-electron chi connectivity index (χ3n) is 3.29. The van der Waals surface area contributed by atoms with Crippen LogP contribution in [0.25, 0.3) is 0 Å². The first-order chi connectivity index (χ1) is 9.60. The second kappa shape index (κ2) is 6.79. The summed E-state index contributed by atoms with van der Waals surface area (Å²) in [6.45, 7) is 2.79. The van der Waals surface area contributed by atoms with Gasteiger partial charge in [0.15, 0.2) is 0 Å². The Bertz CT molecular complexity index is 482. The van der Waals surface area contributed by atoms with E-state index in [2.05, 4.69) is 0 Å². The number of carbonyl (C=O) groups is 2. The lowest BCUT2D eigenvalue weighted by Crippen LogP contribution is -2.34. The predicted octanol–water partition coefficient (Wildman–Crippen LogP) is 2.42. The first-order valence-corrected chi connectivity index (χ1v) is 7.81. The molecule has 0 unspecified atom stereocenters. The van der Waals surface area contributed by atoms with Gasteiger partial charge in [-0.1, -0.05) is 12.1 Å². The van der Waals surface area contributed by atoms with Gasteiger partial charge in [-0.3, -0.25) is 9.59 Å². The summed E-state index contributed by atoms with van der Waals surface area (Å²) in [5, 5.41) is 8.70. The van der Waals surface area contributed by atoms with E-state index in [0.717, 1.165) is 29.8 Å². The molecule has 2 rings (SSSR count). The number of hydrogen-bond acceptors (Lipinski definition) is 3. The van der Waals surface area contributed by atoms with E-state index < -0.39 is 5.97 Å². The van der Waals surface area contributed by atoms with Gasteiger partial charge >= 0.3 is 5.97 Å². The fraction of sp³-hybridized carbons (Fsp3) is 0.467. The summed E-state index contributed by atoms with van der Waals surface area (Å²) < 4.78 is 0. The van der Waals surface area contributed by atoms with Crippen LogP contribution in [-0.4, -0.2) is 40.2 Å². The lowest BCUT2D eigenvalue weighted by Gasteiger charge is -2.20. The van der Waals surface area contributed by atoms with Gasteiger partial charge in [0.05, 0.1) is 12.2 Å². The van der Waals surface area contributed by atoms with Crippen LogP contribution in [0.15, 0.2) is 29.2 Å². The summed E-state index contributed by atoms with van der Waals surface area (Å²) in [5.74, 6) is -0.194. The van der Waals surface area contributed by atoms with Crippen molar-refractivity contribution in [2.75, 3.05) is 12.3 Å². The Hall–Kier alpha value is -1.49. The molecule has 0 radical (unpaired) electrons. The number of thioether (sulfide) groups is 1. The van der Waals surface area contributed by atoms with E-state index in [9.17, 15) is 9.59 Å². The number of carboxylic acids is 1. The summed E-state index contributed by atoms with van der Waals surface area (Å²) in [6.07, 6.45) is 2.30. The topological polar surface area (TPSA) is 57.6 Å². The highest BCUT2D eigenvalue weighted by Gasteiger charge is 2.30. The largest absolute Gasteiger partial charge is 0.481 e. The van der Waals surface area contributed by atoms with Crippen LogP contribution in [0, 0.1) is 0 Å². The van der Waals surface area contributed by atoms with E-state index >= 15 is 0 Å². The average molecular weight is 293 g/mol. The minimum absolute atomic E-state index is 0.0369. The first kappa shape index (κ1) is 14.9. The molecule has 0 spiro atoms. The number of aliphatic carboxylic acids is 1. The van der Waals surface area contributed by atoms with E-state index in [4.69, 9.17) is 5.11 Å². The molecule has 5 heteroatoms. The Morgan fingerprint density at radius 3 is 2.45 bits per heavy atom. The molecule has 108 valence electrons. The molecule has 1 saturated carbocycles. The van der Waals surface area contributed by atoms with Crippen LogP contribution in [-0.2, 0) is 16.0 Å². The lowest BCUT2D eigenvalue weighted by molar-refractivity contribution is -0.136. The van der Waals surface area contributed by atoms with Crippen LogP contribution in [0.5, 0.6) is 0 Å². The highest BCUT2D eigenvalue weighted by atomic mass is 32.2. The molecule has 0 heterocycles. The monoisotopic (exact) mass is 293 g/mol. The van der Waals surface area contributed by atoms with Gasteiger partial charge < -0.3 is 10.0 Å². The van der Waals surface area contributed by atoms with Crippen molar-refractivity contribution in [2.24, 2.45) is 0 Å². The molecule has 0 saturated heterocycles. The molecule has 1 aliphatic rings. The average Bonchev–Trinajstić information content (AvgIpc) is 3.23. The number of amides is 1. The lowest BCUT2D eigenvalue weighted by atomic mass is 10.2. The smallest absolute Gasteiger partial charge is 0.307 e. The van der Waals surface area contributed by atoms with Gasteiger partial charge in [-0.2, -0.15) is 0 Å². The maximum Gasteiger partial charge on any atom is 0.307 e. The predicted molar refractivity (Wildman–Crippen MR) is 78.9 cm³/mol. The van der Waals surface area contributed by atoms with Gasteiger partial charge in [-0.15, -0.1) is 11.8 Å². The Balaban J connectivity index is 1.84. The maximum absolute atomic E-state index is 12.1. The second-order valence-corrected chi connectivity index (χ2v) is 5.96. The standard InChI is InChI=1S/C15H19NO3S/c1-2-16(12-5-6-12)14(17)10-20-13-7-3-11(4-8-13)9-15(18)19/h3-4,7-8,12H,2,5-6,9-10H2,1H3,(H,18,19). The van der Waals surface area contributed by atoms with Crippen molar-refractivity contribution in [2.45, 2.75) is 37.1 Å². The molecule has 1 amide bonds. The maximum atomic E-state index is 12.1. The zero-order chi connectivity index (χ0) is 14.5. The minimum atomic E-state index is -0.830. The molecular formula is C15H19NO3S. The van der Waals surface area contributed by atoms with E-state index in [-0.39, 0.29) is 12.3 Å². The Morgan fingerprint density at radius 1 is 1.30 bits per heavy atom. The van der Waals surface area contributed by atoms with Gasteiger partial charge in [-0.25, -0.2) is 0 Å². The molecular weight excluding hydrogens is 274 g/mol. The van der Waals surface area contributed by atoms with Gasteiger partial charge in [-0.05, 0) is 37.5 Å². The number of carboxylic acid groups (broad SMARTS) is 1. The molecule has 0 aromatic heterocycles. The van der Waals surface area contributed by atoms with Crippen LogP contribution < -0.4 is 0 Å². The summed E-state index contributed by atoms with van der Waals surface area (Å²) in [4.78, 5) is 25.6. The zero-order valence-corrected chi connectivity index (χ0v) is 12.4. The fourth-order valence-electron chi connectivity index (χ4n) is 2.13. The molecule has 1 fully saturated rings. The Labute approximate surface area is 123 Å². The van der Waals surface area contributed by atoms with Crippen molar-refractivity contribution >= 4 is 23.6 Å². The van der Waals surface area contributed by atoms with Crippen molar-refractivity contribution in [1.82, 2.24) is 4.90 Å². The van der Waals surface area contributed by atoms with E-state index in [0.29, 0.717) is 11.8 Å². The van der Waals surface area contributed by atoms with Gasteiger partial charge in [0, 0.05) is 17.5 Å². The van der Waals surface area contributed by atoms with Gasteiger partial charge in [0.2, 0.25) is 5.91 Å². The fourth-order valence-corrected chi connectivity index (χ4v) is 2.92. The molecule has 1 aromatic rings. The second-order valence-electron chi connectivity index (χ2n) is 4.91. The Morgan fingerprint density at radius 2 is 1.95 bits per heavy atom. The highest BCUT2D eigenvalue weighted by molar-refractivity contribution is 8.00. The van der Waals surface area contributed by atoms with Crippen molar-refractivity contribution in [3.63, 3.8) is 0 Å². The quantitative estimate of drug-likeness (QED) is 0.784. The number of carbonyl (C=O) groups excluding carboxylic acids is 1. The minimum Gasteiger partial charge on any atom is -0.481 e. The summed E-state index contributed by atoms with van der Waals surface area (Å²) in [7, 11) is 0. The molecule has 20 heavy (non-hydrogen) atoms. The summed E-state index contributed by atoms with van der Waals surface area (Å²) >= 11 is 1.51. The molecule has 0 atom stereocenters. The van der Waals surface area contributed by atoms with Crippen molar-refractivity contribution in [3.05, 3.63) is 29.8 Å². The number of benzene rings is 1. The van der Waals surface area contributed by atoms with E-state index in [1.807, 2.05) is 24.0 Å². The molecule has 1 aliphatic carbocycles. The van der Waals surface area contributed by atoms with Crippen molar-refractivity contribution in [1.29, 1.82) is 0 Å². The van der Waals surface area contributed by atoms with Gasteiger partial charge in [0.1, 0.15) is 0 Å². The summed E-state index contributed by atoms with van der Waals surface area (Å²) in [5.41, 5.74) is 0.779. The molecule has 4 nitrogen and oxygen atoms in total. The van der Waals surface area contributed by atoms with Crippen molar-refractivity contribution in [3.8, 4) is 0 Å². The molecule has 1 N–H and O–H groups in total. The number of rotatable bonds is 7. The van der Waals surface area contributed by atoms with Gasteiger partial charge in [0.25, 0.3) is 0 Å². The molecule has 0 bridgehead atoms. The highest BCUT2D eigenvalue weighted by Crippen LogP contribution is 2.28. The zero-order valence-electron chi connectivity index (χ0n) is 11.5.